The first-order valence-electron chi connectivity index (χ1n) is 8.37. The van der Waals surface area contributed by atoms with Crippen LogP contribution in [-0.4, -0.2) is 82.0 Å². The fraction of sp³-hybridized carbons (Fsp3) is 1.00. The van der Waals surface area contributed by atoms with E-state index in [1.807, 2.05) is 0 Å². The van der Waals surface area contributed by atoms with Crippen molar-refractivity contribution < 1.29 is 9.47 Å². The van der Waals surface area contributed by atoms with E-state index >= 15 is 0 Å². The van der Waals surface area contributed by atoms with Crippen LogP contribution in [0.3, 0.4) is 0 Å². The minimum Gasteiger partial charge on any atom is -0.385 e. The van der Waals surface area contributed by atoms with E-state index in [9.17, 15) is 0 Å². The predicted octanol–water partition coefficient (Wildman–Crippen LogP) is 1.17. The molecule has 0 saturated carbocycles. The van der Waals surface area contributed by atoms with Gasteiger partial charge in [-0.2, -0.15) is 0 Å². The average molecular weight is 301 g/mol. The Bertz CT molecular complexity index is 266. The van der Waals surface area contributed by atoms with Gasteiger partial charge < -0.3 is 20.1 Å². The van der Waals surface area contributed by atoms with Crippen LogP contribution in [0.1, 0.15) is 32.6 Å². The fourth-order valence-corrected chi connectivity index (χ4v) is 3.39. The Morgan fingerprint density at radius 1 is 1.10 bits per heavy atom. The van der Waals surface area contributed by atoms with Crippen molar-refractivity contribution in [3.05, 3.63) is 0 Å². The zero-order chi connectivity index (χ0) is 15.6. The third-order valence-corrected chi connectivity index (χ3v) is 4.85. The van der Waals surface area contributed by atoms with Gasteiger partial charge in [-0.1, -0.05) is 6.92 Å². The van der Waals surface area contributed by atoms with E-state index in [-0.39, 0.29) is 5.54 Å². The van der Waals surface area contributed by atoms with Crippen molar-refractivity contribution >= 4 is 0 Å². The highest BCUT2D eigenvalue weighted by atomic mass is 16.5. The van der Waals surface area contributed by atoms with Gasteiger partial charge in [-0.05, 0) is 45.3 Å². The number of likely N-dealkylation sites (tertiary alicyclic amines) is 1. The molecular formula is C16H35N3O2. The number of nitrogens with two attached hydrogens (primary N) is 1. The SMILES string of the molecule is CCN1CCCC(CN)(N(CCCOC)CCOC)CC1. The first-order valence-corrected chi connectivity index (χ1v) is 8.37. The Kier molecular flexibility index (Phi) is 9.44. The maximum absolute atomic E-state index is 6.24. The fourth-order valence-electron chi connectivity index (χ4n) is 3.39. The van der Waals surface area contributed by atoms with Crippen molar-refractivity contribution in [1.29, 1.82) is 0 Å². The van der Waals surface area contributed by atoms with Crippen LogP contribution >= 0.6 is 0 Å². The van der Waals surface area contributed by atoms with Crippen LogP contribution in [0.5, 0.6) is 0 Å². The Labute approximate surface area is 130 Å². The average Bonchev–Trinajstić information content (AvgIpc) is 2.73. The Morgan fingerprint density at radius 2 is 1.86 bits per heavy atom. The molecular weight excluding hydrogens is 266 g/mol. The zero-order valence-corrected chi connectivity index (χ0v) is 14.3. The molecule has 0 aromatic rings. The van der Waals surface area contributed by atoms with Gasteiger partial charge in [0.2, 0.25) is 0 Å². The van der Waals surface area contributed by atoms with Crippen molar-refractivity contribution in [2.75, 3.05) is 66.7 Å². The third kappa shape index (κ3) is 5.83. The van der Waals surface area contributed by atoms with Gasteiger partial charge in [0.25, 0.3) is 0 Å². The quantitative estimate of drug-likeness (QED) is 0.614. The molecule has 0 radical (unpaired) electrons. The molecule has 21 heavy (non-hydrogen) atoms. The second-order valence-corrected chi connectivity index (χ2v) is 6.04. The van der Waals surface area contributed by atoms with Gasteiger partial charge in [-0.15, -0.1) is 0 Å². The van der Waals surface area contributed by atoms with Crippen molar-refractivity contribution in [3.8, 4) is 0 Å². The number of hydrogen-bond donors (Lipinski definition) is 1. The smallest absolute Gasteiger partial charge is 0.0589 e. The highest BCUT2D eigenvalue weighted by Gasteiger charge is 2.36. The molecule has 1 unspecified atom stereocenters. The molecule has 0 aromatic carbocycles. The maximum atomic E-state index is 6.24. The molecule has 0 spiro atoms. The first-order chi connectivity index (χ1) is 10.2. The normalized spacial score (nSPS) is 24.4. The highest BCUT2D eigenvalue weighted by Crippen LogP contribution is 2.28. The number of nitrogens with zero attached hydrogens (tertiary/aromatic N) is 2. The van der Waals surface area contributed by atoms with Crippen molar-refractivity contribution in [2.45, 2.75) is 38.1 Å². The third-order valence-electron chi connectivity index (χ3n) is 4.85. The molecule has 0 amide bonds. The van der Waals surface area contributed by atoms with Crippen molar-refractivity contribution in [3.63, 3.8) is 0 Å². The first kappa shape index (κ1) is 18.8. The van der Waals surface area contributed by atoms with E-state index in [4.69, 9.17) is 15.2 Å². The standard InChI is InChI=1S/C16H35N3O2/c1-4-18-9-5-7-16(15-17,8-11-18)19(12-14-21-3)10-6-13-20-2/h4-15,17H2,1-3H3. The number of hydrogen-bond acceptors (Lipinski definition) is 5. The van der Waals surface area contributed by atoms with E-state index in [1.165, 1.54) is 19.4 Å². The van der Waals surface area contributed by atoms with Crippen molar-refractivity contribution in [1.82, 2.24) is 9.80 Å². The molecule has 5 heteroatoms. The molecule has 1 saturated heterocycles. The van der Waals surface area contributed by atoms with Crippen LogP contribution in [0.4, 0.5) is 0 Å². The summed E-state index contributed by atoms with van der Waals surface area (Å²) in [5, 5.41) is 0. The molecule has 1 heterocycles. The lowest BCUT2D eigenvalue weighted by Gasteiger charge is -2.43. The van der Waals surface area contributed by atoms with Crippen molar-refractivity contribution in [2.24, 2.45) is 5.73 Å². The molecule has 1 rings (SSSR count). The predicted molar refractivity (Wildman–Crippen MR) is 87.7 cm³/mol. The molecule has 0 aliphatic carbocycles. The Balaban J connectivity index is 2.71. The largest absolute Gasteiger partial charge is 0.385 e. The summed E-state index contributed by atoms with van der Waals surface area (Å²) < 4.78 is 10.5. The monoisotopic (exact) mass is 301 g/mol. The Morgan fingerprint density at radius 3 is 2.48 bits per heavy atom. The summed E-state index contributed by atoms with van der Waals surface area (Å²) in [6.07, 6.45) is 4.64. The van der Waals surface area contributed by atoms with E-state index in [0.29, 0.717) is 0 Å². The molecule has 1 aliphatic rings. The molecule has 1 aliphatic heterocycles. The van der Waals surface area contributed by atoms with Crippen LogP contribution in [0, 0.1) is 0 Å². The topological polar surface area (TPSA) is 51.0 Å². The minimum absolute atomic E-state index is 0.135. The van der Waals surface area contributed by atoms with Crippen LogP contribution in [0.15, 0.2) is 0 Å². The molecule has 0 aromatic heterocycles. The van der Waals surface area contributed by atoms with Gasteiger partial charge in [0.05, 0.1) is 6.61 Å². The van der Waals surface area contributed by atoms with Gasteiger partial charge in [-0.25, -0.2) is 0 Å². The Hall–Kier alpha value is -0.200. The van der Waals surface area contributed by atoms with Gasteiger partial charge in [0.15, 0.2) is 0 Å². The number of rotatable bonds is 10. The number of ether oxygens (including phenoxy) is 2. The summed E-state index contributed by atoms with van der Waals surface area (Å²) >= 11 is 0. The van der Waals surface area contributed by atoms with E-state index in [2.05, 4.69) is 16.7 Å². The summed E-state index contributed by atoms with van der Waals surface area (Å²) in [5.74, 6) is 0. The van der Waals surface area contributed by atoms with E-state index in [0.717, 1.165) is 58.8 Å². The molecule has 0 bridgehead atoms. The van der Waals surface area contributed by atoms with Gasteiger partial charge in [-0.3, -0.25) is 4.90 Å². The van der Waals surface area contributed by atoms with E-state index in [1.54, 1.807) is 14.2 Å². The summed E-state index contributed by atoms with van der Waals surface area (Å²) in [5.41, 5.74) is 6.37. The zero-order valence-electron chi connectivity index (χ0n) is 14.3. The maximum Gasteiger partial charge on any atom is 0.0589 e. The summed E-state index contributed by atoms with van der Waals surface area (Å²) in [6, 6.07) is 0. The molecule has 5 nitrogen and oxygen atoms in total. The van der Waals surface area contributed by atoms with Gasteiger partial charge in [0, 0.05) is 46.0 Å². The van der Waals surface area contributed by atoms with Gasteiger partial charge in [0.1, 0.15) is 0 Å². The summed E-state index contributed by atoms with van der Waals surface area (Å²) in [4.78, 5) is 5.11. The molecule has 1 fully saturated rings. The summed E-state index contributed by atoms with van der Waals surface area (Å²) in [7, 11) is 3.54. The molecule has 2 N–H and O–H groups in total. The summed E-state index contributed by atoms with van der Waals surface area (Å²) in [6.45, 7) is 10.1. The second-order valence-electron chi connectivity index (χ2n) is 6.04. The lowest BCUT2D eigenvalue weighted by Crippen LogP contribution is -2.55. The minimum atomic E-state index is 0.135. The second kappa shape index (κ2) is 10.5. The van der Waals surface area contributed by atoms with Crippen LogP contribution in [0.25, 0.3) is 0 Å². The van der Waals surface area contributed by atoms with Crippen LogP contribution in [-0.2, 0) is 9.47 Å². The van der Waals surface area contributed by atoms with Crippen LogP contribution in [0.2, 0.25) is 0 Å². The lowest BCUT2D eigenvalue weighted by atomic mass is 9.88. The number of methoxy groups -OCH3 is 2. The van der Waals surface area contributed by atoms with E-state index < -0.39 is 0 Å². The van der Waals surface area contributed by atoms with Gasteiger partial charge >= 0.3 is 0 Å². The molecule has 126 valence electrons. The molecule has 1 atom stereocenters. The highest BCUT2D eigenvalue weighted by molar-refractivity contribution is 4.94. The van der Waals surface area contributed by atoms with Crippen LogP contribution < -0.4 is 5.73 Å². The lowest BCUT2D eigenvalue weighted by molar-refractivity contribution is 0.0413.